The van der Waals surface area contributed by atoms with E-state index in [2.05, 4.69) is 13.8 Å². The van der Waals surface area contributed by atoms with E-state index in [1.165, 1.54) is 0 Å². The van der Waals surface area contributed by atoms with Crippen LogP contribution in [0.2, 0.25) is 0 Å². The van der Waals surface area contributed by atoms with Gasteiger partial charge in [-0.3, -0.25) is 0 Å². The fourth-order valence-corrected chi connectivity index (χ4v) is 2.71. The normalized spacial score (nSPS) is 29.5. The van der Waals surface area contributed by atoms with Gasteiger partial charge in [0.2, 0.25) is 0 Å². The summed E-state index contributed by atoms with van der Waals surface area (Å²) in [5.74, 6) is 0.724. The van der Waals surface area contributed by atoms with E-state index in [-0.39, 0.29) is 11.6 Å². The Kier molecular flexibility index (Phi) is 3.56. The van der Waals surface area contributed by atoms with Crippen molar-refractivity contribution in [1.29, 1.82) is 0 Å². The summed E-state index contributed by atoms with van der Waals surface area (Å²) in [6.07, 6.45) is 1.99. The van der Waals surface area contributed by atoms with E-state index in [1.54, 1.807) is 0 Å². The molecule has 0 radical (unpaired) electrons. The maximum absolute atomic E-state index is 12.0. The molecule has 0 aromatic rings. The zero-order chi connectivity index (χ0) is 12.6. The topological polar surface area (TPSA) is 29.5 Å². The molecular weight excluding hydrogens is 202 g/mol. The molecule has 1 amide bonds. The van der Waals surface area contributed by atoms with E-state index in [0.717, 1.165) is 25.3 Å². The van der Waals surface area contributed by atoms with Gasteiger partial charge in [-0.25, -0.2) is 4.79 Å². The van der Waals surface area contributed by atoms with E-state index in [1.807, 2.05) is 32.6 Å². The van der Waals surface area contributed by atoms with Crippen molar-refractivity contribution < 1.29 is 9.53 Å². The molecule has 0 aliphatic heterocycles. The minimum atomic E-state index is -0.407. The van der Waals surface area contributed by atoms with Gasteiger partial charge >= 0.3 is 6.09 Å². The maximum atomic E-state index is 12.0. The first-order valence-corrected chi connectivity index (χ1v) is 6.18. The molecular formula is C13H25NO2. The Bertz CT molecular complexity index is 262. The number of ether oxygens (including phenoxy) is 1. The molecule has 1 rings (SSSR count). The fourth-order valence-electron chi connectivity index (χ4n) is 2.71. The first-order valence-electron chi connectivity index (χ1n) is 6.18. The van der Waals surface area contributed by atoms with Crippen LogP contribution < -0.4 is 0 Å². The van der Waals surface area contributed by atoms with Crippen LogP contribution in [0.15, 0.2) is 0 Å². The van der Waals surface area contributed by atoms with Crippen molar-refractivity contribution in [1.82, 2.24) is 4.90 Å². The number of rotatable bonds is 2. The smallest absolute Gasteiger partial charge is 0.410 e. The van der Waals surface area contributed by atoms with Gasteiger partial charge in [0.25, 0.3) is 0 Å². The SMILES string of the molecule is CCN(C(=O)OC(C)(C)C)C1(C)CC(C)C1. The van der Waals surface area contributed by atoms with Crippen LogP contribution in [0, 0.1) is 5.92 Å². The van der Waals surface area contributed by atoms with Crippen LogP contribution in [0.4, 0.5) is 4.79 Å². The Labute approximate surface area is 99.1 Å². The Balaban J connectivity index is 2.65. The minimum absolute atomic E-state index is 0.0104. The second kappa shape index (κ2) is 4.27. The molecule has 1 aliphatic rings. The van der Waals surface area contributed by atoms with Gasteiger partial charge in [0.15, 0.2) is 0 Å². The number of hydrogen-bond acceptors (Lipinski definition) is 2. The molecule has 1 aliphatic carbocycles. The summed E-state index contributed by atoms with van der Waals surface area (Å²) in [5.41, 5.74) is -0.396. The van der Waals surface area contributed by atoms with Gasteiger partial charge in [-0.05, 0) is 53.4 Å². The first kappa shape index (κ1) is 13.3. The van der Waals surface area contributed by atoms with Gasteiger partial charge in [0.1, 0.15) is 5.60 Å². The molecule has 1 fully saturated rings. The second-order valence-corrected chi connectivity index (χ2v) is 6.23. The van der Waals surface area contributed by atoms with E-state index < -0.39 is 5.60 Å². The van der Waals surface area contributed by atoms with Crippen LogP contribution in [-0.4, -0.2) is 28.7 Å². The van der Waals surface area contributed by atoms with Crippen LogP contribution in [0.25, 0.3) is 0 Å². The van der Waals surface area contributed by atoms with Crippen LogP contribution in [0.3, 0.4) is 0 Å². The van der Waals surface area contributed by atoms with E-state index >= 15 is 0 Å². The number of amides is 1. The minimum Gasteiger partial charge on any atom is -0.444 e. The summed E-state index contributed by atoms with van der Waals surface area (Å²) in [6.45, 7) is 12.8. The highest BCUT2D eigenvalue weighted by Crippen LogP contribution is 2.42. The standard InChI is InChI=1S/C13H25NO2/c1-7-14(11(15)16-12(3,4)5)13(6)8-10(2)9-13/h10H,7-9H2,1-6H3. The van der Waals surface area contributed by atoms with Crippen LogP contribution in [0.5, 0.6) is 0 Å². The molecule has 0 unspecified atom stereocenters. The Morgan fingerprint density at radius 3 is 2.25 bits per heavy atom. The summed E-state index contributed by atoms with van der Waals surface area (Å²) >= 11 is 0. The molecule has 3 heteroatoms. The molecule has 0 heterocycles. The van der Waals surface area contributed by atoms with Gasteiger partial charge in [-0.2, -0.15) is 0 Å². The van der Waals surface area contributed by atoms with Gasteiger partial charge < -0.3 is 9.64 Å². The van der Waals surface area contributed by atoms with Crippen molar-refractivity contribution in [2.45, 2.75) is 65.5 Å². The maximum Gasteiger partial charge on any atom is 0.410 e. The van der Waals surface area contributed by atoms with Crippen molar-refractivity contribution in [2.24, 2.45) is 5.92 Å². The van der Waals surface area contributed by atoms with Gasteiger partial charge in [-0.15, -0.1) is 0 Å². The summed E-state index contributed by atoms with van der Waals surface area (Å²) in [7, 11) is 0. The predicted octanol–water partition coefficient (Wildman–Crippen LogP) is 3.43. The highest BCUT2D eigenvalue weighted by molar-refractivity contribution is 5.69. The lowest BCUT2D eigenvalue weighted by molar-refractivity contribution is -0.0332. The average molecular weight is 227 g/mol. The predicted molar refractivity (Wildman–Crippen MR) is 65.4 cm³/mol. The lowest BCUT2D eigenvalue weighted by Gasteiger charge is -2.51. The average Bonchev–Trinajstić information content (AvgIpc) is 1.98. The zero-order valence-electron chi connectivity index (χ0n) is 11.5. The van der Waals surface area contributed by atoms with Crippen molar-refractivity contribution >= 4 is 6.09 Å². The van der Waals surface area contributed by atoms with E-state index in [4.69, 9.17) is 4.74 Å². The summed E-state index contributed by atoms with van der Waals surface area (Å²) in [6, 6.07) is 0. The lowest BCUT2D eigenvalue weighted by atomic mass is 9.69. The third kappa shape index (κ3) is 2.89. The number of hydrogen-bond donors (Lipinski definition) is 0. The molecule has 0 saturated heterocycles. The van der Waals surface area contributed by atoms with Crippen LogP contribution in [0.1, 0.15) is 54.4 Å². The molecule has 16 heavy (non-hydrogen) atoms. The molecule has 94 valence electrons. The summed E-state index contributed by atoms with van der Waals surface area (Å²) in [4.78, 5) is 13.9. The molecule has 0 aromatic carbocycles. The van der Waals surface area contributed by atoms with Crippen LogP contribution in [-0.2, 0) is 4.74 Å². The molecule has 0 spiro atoms. The molecule has 3 nitrogen and oxygen atoms in total. The van der Waals surface area contributed by atoms with Crippen molar-refractivity contribution in [3.63, 3.8) is 0 Å². The Morgan fingerprint density at radius 1 is 1.44 bits per heavy atom. The van der Waals surface area contributed by atoms with Gasteiger partial charge in [-0.1, -0.05) is 6.92 Å². The quantitative estimate of drug-likeness (QED) is 0.723. The van der Waals surface area contributed by atoms with Gasteiger partial charge in [0, 0.05) is 12.1 Å². The summed E-state index contributed by atoms with van der Waals surface area (Å²) in [5, 5.41) is 0. The van der Waals surface area contributed by atoms with Crippen molar-refractivity contribution in [3.05, 3.63) is 0 Å². The highest BCUT2D eigenvalue weighted by Gasteiger charge is 2.45. The second-order valence-electron chi connectivity index (χ2n) is 6.23. The Hall–Kier alpha value is -0.730. The third-order valence-electron chi connectivity index (χ3n) is 3.16. The zero-order valence-corrected chi connectivity index (χ0v) is 11.5. The molecule has 0 bridgehead atoms. The van der Waals surface area contributed by atoms with Crippen LogP contribution >= 0.6 is 0 Å². The van der Waals surface area contributed by atoms with E-state index in [0.29, 0.717) is 0 Å². The number of nitrogens with zero attached hydrogens (tertiary/aromatic N) is 1. The molecule has 0 aromatic heterocycles. The number of carbonyl (C=O) groups is 1. The van der Waals surface area contributed by atoms with Crippen molar-refractivity contribution in [2.75, 3.05) is 6.54 Å². The number of carbonyl (C=O) groups excluding carboxylic acids is 1. The molecule has 1 saturated carbocycles. The highest BCUT2D eigenvalue weighted by atomic mass is 16.6. The molecule has 0 atom stereocenters. The Morgan fingerprint density at radius 2 is 1.94 bits per heavy atom. The largest absolute Gasteiger partial charge is 0.444 e. The van der Waals surface area contributed by atoms with Crippen molar-refractivity contribution in [3.8, 4) is 0 Å². The van der Waals surface area contributed by atoms with Gasteiger partial charge in [0.05, 0.1) is 0 Å². The lowest BCUT2D eigenvalue weighted by Crippen LogP contribution is -2.57. The first-order chi connectivity index (χ1) is 7.18. The molecule has 0 N–H and O–H groups in total. The third-order valence-corrected chi connectivity index (χ3v) is 3.16. The monoisotopic (exact) mass is 227 g/mol. The summed E-state index contributed by atoms with van der Waals surface area (Å²) < 4.78 is 5.44. The fraction of sp³-hybridized carbons (Fsp3) is 0.923. The van der Waals surface area contributed by atoms with E-state index in [9.17, 15) is 4.79 Å².